The highest BCUT2D eigenvalue weighted by molar-refractivity contribution is 5.98. The van der Waals surface area contributed by atoms with Crippen LogP contribution in [0.4, 0.5) is 0 Å². The number of amides is 5. The van der Waals surface area contributed by atoms with Gasteiger partial charge >= 0.3 is 0 Å². The smallest absolute Gasteiger partial charge is 0.255 e. The second kappa shape index (κ2) is 14.0. The number of aromatic nitrogens is 1. The standard InChI is InChI=1S/C30H38N6O6/c1-3-19(2)26-30(42)36-17-22(37)15-24(36)28(40)33-23(14-20-8-5-4-6-9-20)27(39)32-12-13-35(18-25(38)34-26)29(41)21-10-7-11-31-16-21/h4-11,16,19,22-24,26,37H,3,12-15,17-18H2,1-2H3,(H,32,39)(H,33,40)(H,34,38)/t19-,22+,23-,24-,26-/m0/s1. The number of carbonyl (C=O) groups is 5. The van der Waals surface area contributed by atoms with Crippen LogP contribution in [0.2, 0.25) is 0 Å². The molecule has 0 radical (unpaired) electrons. The Morgan fingerprint density at radius 1 is 1.07 bits per heavy atom. The van der Waals surface area contributed by atoms with Crippen LogP contribution in [0.1, 0.15) is 42.6 Å². The summed E-state index contributed by atoms with van der Waals surface area (Å²) in [7, 11) is 0. The summed E-state index contributed by atoms with van der Waals surface area (Å²) in [5.41, 5.74) is 1.09. The molecule has 5 amide bonds. The van der Waals surface area contributed by atoms with E-state index in [0.717, 1.165) is 5.56 Å². The summed E-state index contributed by atoms with van der Waals surface area (Å²) >= 11 is 0. The molecule has 4 N–H and O–H groups in total. The lowest BCUT2D eigenvalue weighted by Crippen LogP contribution is -2.58. The molecular weight excluding hydrogens is 540 g/mol. The molecule has 0 saturated carbocycles. The van der Waals surface area contributed by atoms with Gasteiger partial charge in [-0.25, -0.2) is 0 Å². The van der Waals surface area contributed by atoms with Crippen molar-refractivity contribution in [2.24, 2.45) is 5.92 Å². The fourth-order valence-corrected chi connectivity index (χ4v) is 5.25. The van der Waals surface area contributed by atoms with Crippen LogP contribution < -0.4 is 16.0 Å². The summed E-state index contributed by atoms with van der Waals surface area (Å²) in [6.07, 6.45) is 2.73. The zero-order valence-corrected chi connectivity index (χ0v) is 23.9. The van der Waals surface area contributed by atoms with E-state index in [1.807, 2.05) is 44.2 Å². The molecule has 2 saturated heterocycles. The van der Waals surface area contributed by atoms with Gasteiger partial charge in [-0.05, 0) is 23.6 Å². The number of carbonyl (C=O) groups excluding carboxylic acids is 5. The van der Waals surface area contributed by atoms with Gasteiger partial charge in [-0.1, -0.05) is 50.6 Å². The van der Waals surface area contributed by atoms with Crippen LogP contribution in [0.5, 0.6) is 0 Å². The Labute approximate surface area is 244 Å². The largest absolute Gasteiger partial charge is 0.391 e. The molecule has 2 aliphatic rings. The highest BCUT2D eigenvalue weighted by Crippen LogP contribution is 2.22. The van der Waals surface area contributed by atoms with E-state index in [1.165, 1.54) is 22.2 Å². The molecule has 0 bridgehead atoms. The summed E-state index contributed by atoms with van der Waals surface area (Å²) < 4.78 is 0. The zero-order chi connectivity index (χ0) is 30.2. The van der Waals surface area contributed by atoms with Crippen molar-refractivity contribution >= 4 is 29.5 Å². The van der Waals surface area contributed by atoms with Crippen molar-refractivity contribution < 1.29 is 29.1 Å². The van der Waals surface area contributed by atoms with Crippen molar-refractivity contribution in [1.29, 1.82) is 0 Å². The Balaban J connectivity index is 1.67. The highest BCUT2D eigenvalue weighted by Gasteiger charge is 2.43. The van der Waals surface area contributed by atoms with E-state index in [0.29, 0.717) is 6.42 Å². The van der Waals surface area contributed by atoms with Crippen LogP contribution in [0, 0.1) is 5.92 Å². The van der Waals surface area contributed by atoms with E-state index in [-0.39, 0.29) is 50.5 Å². The molecule has 0 spiro atoms. The van der Waals surface area contributed by atoms with Gasteiger partial charge in [-0.3, -0.25) is 29.0 Å². The lowest BCUT2D eigenvalue weighted by molar-refractivity contribution is -0.143. The van der Waals surface area contributed by atoms with Crippen LogP contribution >= 0.6 is 0 Å². The Morgan fingerprint density at radius 2 is 1.83 bits per heavy atom. The number of benzene rings is 1. The van der Waals surface area contributed by atoms with Gasteiger partial charge in [0.25, 0.3) is 5.91 Å². The topological polar surface area (TPSA) is 161 Å². The first-order valence-electron chi connectivity index (χ1n) is 14.3. The molecule has 5 atom stereocenters. The van der Waals surface area contributed by atoms with E-state index >= 15 is 0 Å². The Hall–Kier alpha value is -4.32. The maximum atomic E-state index is 13.8. The number of nitrogens with zero attached hydrogens (tertiary/aromatic N) is 3. The highest BCUT2D eigenvalue weighted by atomic mass is 16.3. The average molecular weight is 579 g/mol. The number of hydrogen-bond donors (Lipinski definition) is 4. The minimum atomic E-state index is -1.02. The fourth-order valence-electron chi connectivity index (χ4n) is 5.25. The van der Waals surface area contributed by atoms with Crippen molar-refractivity contribution in [2.75, 3.05) is 26.2 Å². The Bertz CT molecular complexity index is 1270. The van der Waals surface area contributed by atoms with Crippen molar-refractivity contribution in [2.45, 2.75) is 57.3 Å². The van der Waals surface area contributed by atoms with Crippen molar-refractivity contribution in [3.8, 4) is 0 Å². The van der Waals surface area contributed by atoms with Crippen LogP contribution in [-0.2, 0) is 25.6 Å². The number of nitrogens with one attached hydrogen (secondary N) is 3. The van der Waals surface area contributed by atoms with Gasteiger partial charge in [0.15, 0.2) is 0 Å². The second-order valence-corrected chi connectivity index (χ2v) is 10.8. The van der Waals surface area contributed by atoms with Gasteiger partial charge < -0.3 is 30.9 Å². The molecule has 42 heavy (non-hydrogen) atoms. The number of hydrogen-bond acceptors (Lipinski definition) is 7. The third-order valence-electron chi connectivity index (χ3n) is 7.79. The first-order valence-corrected chi connectivity index (χ1v) is 14.3. The second-order valence-electron chi connectivity index (χ2n) is 10.8. The average Bonchev–Trinajstić information content (AvgIpc) is 3.40. The molecule has 2 fully saturated rings. The third-order valence-corrected chi connectivity index (χ3v) is 7.79. The van der Waals surface area contributed by atoms with Gasteiger partial charge in [0.2, 0.25) is 23.6 Å². The van der Waals surface area contributed by atoms with E-state index in [4.69, 9.17) is 0 Å². The maximum Gasteiger partial charge on any atom is 0.255 e. The Kier molecular flexibility index (Phi) is 10.2. The zero-order valence-electron chi connectivity index (χ0n) is 23.9. The quantitative estimate of drug-likeness (QED) is 0.385. The summed E-state index contributed by atoms with van der Waals surface area (Å²) in [5.74, 6) is -2.86. The molecule has 2 aliphatic heterocycles. The lowest BCUT2D eigenvalue weighted by atomic mass is 9.97. The first kappa shape index (κ1) is 30.6. The minimum Gasteiger partial charge on any atom is -0.391 e. The van der Waals surface area contributed by atoms with Crippen molar-refractivity contribution in [3.05, 3.63) is 66.0 Å². The monoisotopic (exact) mass is 578 g/mol. The first-order chi connectivity index (χ1) is 20.2. The lowest BCUT2D eigenvalue weighted by Gasteiger charge is -2.32. The molecule has 224 valence electrons. The number of aliphatic hydroxyl groups excluding tert-OH is 1. The number of aliphatic hydroxyl groups is 1. The molecule has 0 aliphatic carbocycles. The van der Waals surface area contributed by atoms with E-state index in [2.05, 4.69) is 20.9 Å². The minimum absolute atomic E-state index is 0.00176. The number of fused-ring (bicyclic) bond motifs is 1. The van der Waals surface area contributed by atoms with E-state index in [1.54, 1.807) is 12.1 Å². The number of pyridine rings is 1. The predicted molar refractivity (Wildman–Crippen MR) is 153 cm³/mol. The molecular formula is C30H38N6O6. The third kappa shape index (κ3) is 7.49. The van der Waals surface area contributed by atoms with Crippen LogP contribution in [0.3, 0.4) is 0 Å². The molecule has 0 unspecified atom stereocenters. The SMILES string of the molecule is CC[C@H](C)[C@@H]1NC(=O)CN(C(=O)c2cccnc2)CCNC(=O)[C@H](Cc2ccccc2)NC(=O)[C@@H]2C[C@@H](O)CN2C1=O. The van der Waals surface area contributed by atoms with Crippen LogP contribution in [-0.4, -0.2) is 99.8 Å². The van der Waals surface area contributed by atoms with Gasteiger partial charge in [0.1, 0.15) is 18.1 Å². The van der Waals surface area contributed by atoms with Gasteiger partial charge in [-0.2, -0.15) is 0 Å². The summed E-state index contributed by atoms with van der Waals surface area (Å²) in [6, 6.07) is 9.39. The number of rotatable bonds is 5. The molecule has 1 aromatic heterocycles. The van der Waals surface area contributed by atoms with E-state index < -0.39 is 53.8 Å². The molecule has 12 nitrogen and oxygen atoms in total. The maximum absolute atomic E-state index is 13.8. The van der Waals surface area contributed by atoms with Crippen LogP contribution in [0.15, 0.2) is 54.9 Å². The van der Waals surface area contributed by atoms with Crippen molar-refractivity contribution in [3.63, 3.8) is 0 Å². The summed E-state index contributed by atoms with van der Waals surface area (Å²) in [5, 5.41) is 18.8. The molecule has 12 heteroatoms. The molecule has 1 aromatic carbocycles. The van der Waals surface area contributed by atoms with Gasteiger partial charge in [-0.15, -0.1) is 0 Å². The Morgan fingerprint density at radius 3 is 2.52 bits per heavy atom. The summed E-state index contributed by atoms with van der Waals surface area (Å²) in [6.45, 7) is 3.27. The summed E-state index contributed by atoms with van der Waals surface area (Å²) in [4.78, 5) is 73.9. The van der Waals surface area contributed by atoms with Crippen LogP contribution in [0.25, 0.3) is 0 Å². The van der Waals surface area contributed by atoms with E-state index in [9.17, 15) is 29.1 Å². The molecule has 2 aromatic rings. The van der Waals surface area contributed by atoms with Gasteiger partial charge in [0, 0.05) is 44.9 Å². The van der Waals surface area contributed by atoms with Gasteiger partial charge in [0.05, 0.1) is 18.2 Å². The fraction of sp³-hybridized carbons (Fsp3) is 0.467. The molecule has 4 rings (SSSR count). The molecule has 3 heterocycles. The normalized spacial score (nSPS) is 24.9. The van der Waals surface area contributed by atoms with Crippen molar-refractivity contribution in [1.82, 2.24) is 30.7 Å². The predicted octanol–water partition coefficient (Wildman–Crippen LogP) is -0.126.